The van der Waals surface area contributed by atoms with Crippen LogP contribution in [-0.2, 0) is 6.54 Å². The third-order valence-corrected chi connectivity index (χ3v) is 3.44. The normalized spacial score (nSPS) is 10.3. The number of benzene rings is 1. The second kappa shape index (κ2) is 7.55. The van der Waals surface area contributed by atoms with Gasteiger partial charge in [-0.2, -0.15) is 0 Å². The number of aryl methyl sites for hydroxylation is 1. The van der Waals surface area contributed by atoms with Gasteiger partial charge in [0.25, 0.3) is 5.91 Å². The van der Waals surface area contributed by atoms with E-state index < -0.39 is 0 Å². The summed E-state index contributed by atoms with van der Waals surface area (Å²) in [6.07, 6.45) is 1.52. The number of pyridine rings is 2. The van der Waals surface area contributed by atoms with Gasteiger partial charge >= 0.3 is 0 Å². The van der Waals surface area contributed by atoms with Crippen LogP contribution < -0.4 is 15.8 Å². The number of nitrogens with one attached hydrogen (secondary N) is 1. The minimum Gasteiger partial charge on any atom is -0.439 e. The van der Waals surface area contributed by atoms with Gasteiger partial charge in [-0.1, -0.05) is 18.2 Å². The largest absolute Gasteiger partial charge is 0.439 e. The summed E-state index contributed by atoms with van der Waals surface area (Å²) < 4.78 is 5.76. The van der Waals surface area contributed by atoms with Crippen LogP contribution in [0.2, 0.25) is 0 Å². The van der Waals surface area contributed by atoms with E-state index in [4.69, 9.17) is 10.5 Å². The molecule has 0 aliphatic rings. The molecule has 2 heterocycles. The van der Waals surface area contributed by atoms with Crippen LogP contribution in [0.15, 0.2) is 60.8 Å². The summed E-state index contributed by atoms with van der Waals surface area (Å²) >= 11 is 0. The Morgan fingerprint density at radius 2 is 1.96 bits per heavy atom. The zero-order chi connectivity index (χ0) is 17.6. The fourth-order valence-electron chi connectivity index (χ4n) is 2.31. The molecule has 126 valence electrons. The van der Waals surface area contributed by atoms with Crippen LogP contribution >= 0.6 is 0 Å². The summed E-state index contributed by atoms with van der Waals surface area (Å²) in [5, 5.41) is 2.79. The number of carbonyl (C=O) groups is 1. The minimum atomic E-state index is -0.309. The molecule has 0 saturated heterocycles. The first-order chi connectivity index (χ1) is 12.1. The molecule has 3 aromatic rings. The molecular formula is C19H18N4O2. The van der Waals surface area contributed by atoms with E-state index in [9.17, 15) is 4.79 Å². The standard InChI is InChI=1S/C19H18N4O2/c1-13-9-14(12-20)10-18(22-13)25-16-7-8-21-17(11-16)19(24)23-15-5-3-2-4-6-15/h2-11H,12,20H2,1H3,(H,23,24). The van der Waals surface area contributed by atoms with Gasteiger partial charge in [0, 0.05) is 36.3 Å². The number of hydrogen-bond acceptors (Lipinski definition) is 5. The van der Waals surface area contributed by atoms with Gasteiger partial charge in [0.15, 0.2) is 0 Å². The smallest absolute Gasteiger partial charge is 0.274 e. The maximum Gasteiger partial charge on any atom is 0.274 e. The van der Waals surface area contributed by atoms with Gasteiger partial charge in [0.2, 0.25) is 5.88 Å². The predicted octanol–water partition coefficient (Wildman–Crippen LogP) is 3.29. The van der Waals surface area contributed by atoms with E-state index >= 15 is 0 Å². The Morgan fingerprint density at radius 1 is 1.16 bits per heavy atom. The van der Waals surface area contributed by atoms with Crippen molar-refractivity contribution in [3.05, 3.63) is 77.7 Å². The molecule has 0 saturated carbocycles. The highest BCUT2D eigenvalue weighted by Gasteiger charge is 2.10. The minimum absolute atomic E-state index is 0.257. The number of nitrogens with zero attached hydrogens (tertiary/aromatic N) is 2. The summed E-state index contributed by atoms with van der Waals surface area (Å²) in [5.41, 5.74) is 8.37. The van der Waals surface area contributed by atoms with Crippen molar-refractivity contribution in [1.82, 2.24) is 9.97 Å². The zero-order valence-electron chi connectivity index (χ0n) is 13.8. The highest BCUT2D eigenvalue weighted by Crippen LogP contribution is 2.21. The maximum atomic E-state index is 12.3. The van der Waals surface area contributed by atoms with Crippen LogP contribution in [0.25, 0.3) is 0 Å². The van der Waals surface area contributed by atoms with Crippen LogP contribution in [0.5, 0.6) is 11.6 Å². The molecule has 0 aliphatic heterocycles. The lowest BCUT2D eigenvalue weighted by Gasteiger charge is -2.09. The van der Waals surface area contributed by atoms with E-state index in [1.165, 1.54) is 6.20 Å². The number of rotatable bonds is 5. The molecule has 6 nitrogen and oxygen atoms in total. The highest BCUT2D eigenvalue weighted by atomic mass is 16.5. The SMILES string of the molecule is Cc1cc(CN)cc(Oc2ccnc(C(=O)Nc3ccccc3)c2)n1. The molecular weight excluding hydrogens is 316 g/mol. The van der Waals surface area contributed by atoms with Crippen LogP contribution in [-0.4, -0.2) is 15.9 Å². The van der Waals surface area contributed by atoms with Gasteiger partial charge in [0.1, 0.15) is 11.4 Å². The monoisotopic (exact) mass is 334 g/mol. The number of hydrogen-bond donors (Lipinski definition) is 2. The van der Waals surface area contributed by atoms with E-state index in [-0.39, 0.29) is 11.6 Å². The van der Waals surface area contributed by atoms with E-state index in [1.807, 2.05) is 43.3 Å². The predicted molar refractivity (Wildman–Crippen MR) is 95.6 cm³/mol. The van der Waals surface area contributed by atoms with E-state index in [2.05, 4.69) is 15.3 Å². The van der Waals surface area contributed by atoms with E-state index in [0.29, 0.717) is 23.9 Å². The molecule has 0 fully saturated rings. The first kappa shape index (κ1) is 16.6. The van der Waals surface area contributed by atoms with Crippen LogP contribution in [0.3, 0.4) is 0 Å². The number of aromatic nitrogens is 2. The lowest BCUT2D eigenvalue weighted by atomic mass is 10.2. The molecule has 0 radical (unpaired) electrons. The zero-order valence-corrected chi connectivity index (χ0v) is 13.8. The van der Waals surface area contributed by atoms with Crippen molar-refractivity contribution in [3.63, 3.8) is 0 Å². The molecule has 3 N–H and O–H groups in total. The fourth-order valence-corrected chi connectivity index (χ4v) is 2.31. The molecule has 1 amide bonds. The topological polar surface area (TPSA) is 90.1 Å². The Balaban J connectivity index is 1.77. The molecule has 0 spiro atoms. The molecule has 0 bridgehead atoms. The van der Waals surface area contributed by atoms with Crippen molar-refractivity contribution >= 4 is 11.6 Å². The van der Waals surface area contributed by atoms with E-state index in [0.717, 1.165) is 11.3 Å². The Bertz CT molecular complexity index is 882. The number of anilines is 1. The number of amides is 1. The Hall–Kier alpha value is -3.25. The molecule has 0 atom stereocenters. The first-order valence-corrected chi connectivity index (χ1v) is 7.82. The second-order valence-corrected chi connectivity index (χ2v) is 5.46. The quantitative estimate of drug-likeness (QED) is 0.747. The summed E-state index contributed by atoms with van der Waals surface area (Å²) in [4.78, 5) is 20.7. The van der Waals surface area contributed by atoms with Crippen molar-refractivity contribution in [2.45, 2.75) is 13.5 Å². The fraction of sp³-hybridized carbons (Fsp3) is 0.105. The summed E-state index contributed by atoms with van der Waals surface area (Å²) in [6, 6.07) is 16.1. The summed E-state index contributed by atoms with van der Waals surface area (Å²) in [6.45, 7) is 2.28. The average molecular weight is 334 g/mol. The second-order valence-electron chi connectivity index (χ2n) is 5.46. The number of carbonyl (C=O) groups excluding carboxylic acids is 1. The maximum absolute atomic E-state index is 12.3. The molecule has 3 rings (SSSR count). The number of nitrogens with two attached hydrogens (primary N) is 1. The Morgan fingerprint density at radius 3 is 2.72 bits per heavy atom. The van der Waals surface area contributed by atoms with Crippen molar-refractivity contribution < 1.29 is 9.53 Å². The summed E-state index contributed by atoms with van der Waals surface area (Å²) in [7, 11) is 0. The van der Waals surface area contributed by atoms with Gasteiger partial charge < -0.3 is 15.8 Å². The van der Waals surface area contributed by atoms with Crippen LogP contribution in [0, 0.1) is 6.92 Å². The first-order valence-electron chi connectivity index (χ1n) is 7.82. The lowest BCUT2D eigenvalue weighted by molar-refractivity contribution is 0.102. The molecule has 6 heteroatoms. The third kappa shape index (κ3) is 4.39. The molecule has 25 heavy (non-hydrogen) atoms. The van der Waals surface area contributed by atoms with E-state index in [1.54, 1.807) is 18.2 Å². The Kier molecular flexibility index (Phi) is 5.01. The molecule has 1 aromatic carbocycles. The average Bonchev–Trinajstić information content (AvgIpc) is 2.62. The molecule has 2 aromatic heterocycles. The van der Waals surface area contributed by atoms with Gasteiger partial charge in [0.05, 0.1) is 0 Å². The van der Waals surface area contributed by atoms with Gasteiger partial charge in [-0.05, 0) is 36.8 Å². The van der Waals surface area contributed by atoms with Gasteiger partial charge in [-0.25, -0.2) is 4.98 Å². The number of para-hydroxylation sites is 1. The van der Waals surface area contributed by atoms with Crippen molar-refractivity contribution in [3.8, 4) is 11.6 Å². The van der Waals surface area contributed by atoms with Crippen molar-refractivity contribution in [1.29, 1.82) is 0 Å². The third-order valence-electron chi connectivity index (χ3n) is 3.44. The van der Waals surface area contributed by atoms with Crippen molar-refractivity contribution in [2.75, 3.05) is 5.32 Å². The highest BCUT2D eigenvalue weighted by molar-refractivity contribution is 6.03. The molecule has 0 unspecified atom stereocenters. The van der Waals surface area contributed by atoms with Gasteiger partial charge in [-0.15, -0.1) is 0 Å². The summed E-state index contributed by atoms with van der Waals surface area (Å²) in [5.74, 6) is 0.604. The van der Waals surface area contributed by atoms with Crippen LogP contribution in [0.4, 0.5) is 5.69 Å². The van der Waals surface area contributed by atoms with Crippen molar-refractivity contribution in [2.24, 2.45) is 5.73 Å². The van der Waals surface area contributed by atoms with Gasteiger partial charge in [-0.3, -0.25) is 9.78 Å². The Labute approximate surface area is 145 Å². The lowest BCUT2D eigenvalue weighted by Crippen LogP contribution is -2.13. The molecule has 0 aliphatic carbocycles. The van der Waals surface area contributed by atoms with Crippen LogP contribution in [0.1, 0.15) is 21.7 Å². The number of ether oxygens (including phenoxy) is 1.